The predicted molar refractivity (Wildman–Crippen MR) is 97.0 cm³/mol. The second-order valence-corrected chi connectivity index (χ2v) is 6.20. The molecule has 0 saturated carbocycles. The normalized spacial score (nSPS) is 10.9. The van der Waals surface area contributed by atoms with Gasteiger partial charge < -0.3 is 14.3 Å². The number of benzene rings is 3. The monoisotopic (exact) mass is 352 g/mol. The molecule has 3 aromatic carbocycles. The Morgan fingerprint density at radius 3 is 1.60 bits per heavy atom. The molecule has 4 nitrogen and oxygen atoms in total. The summed E-state index contributed by atoms with van der Waals surface area (Å²) in [6, 6.07) is 27.2. The fourth-order valence-corrected chi connectivity index (χ4v) is 3.06. The largest absolute Gasteiger partial charge is 0.394 e. The number of carbonyl (C=O) groups is 1. The average molecular weight is 352 g/mol. The summed E-state index contributed by atoms with van der Waals surface area (Å²) in [6.45, 7) is 0. The highest BCUT2D eigenvalue weighted by atomic mass is 31.2. The minimum atomic E-state index is -2.71. The lowest BCUT2D eigenvalue weighted by Crippen LogP contribution is -2.05. The van der Waals surface area contributed by atoms with E-state index in [0.717, 1.165) is 16.7 Å². The van der Waals surface area contributed by atoms with Crippen molar-refractivity contribution in [2.75, 3.05) is 0 Å². The van der Waals surface area contributed by atoms with Crippen LogP contribution in [0.2, 0.25) is 0 Å². The zero-order valence-corrected chi connectivity index (χ0v) is 14.2. The first kappa shape index (κ1) is 17.3. The Hall–Kier alpha value is -2.52. The van der Waals surface area contributed by atoms with Gasteiger partial charge in [0.1, 0.15) is 0 Å². The average Bonchev–Trinajstić information content (AvgIpc) is 2.64. The first-order chi connectivity index (χ1) is 12.1. The fourth-order valence-electron chi connectivity index (χ4n) is 2.81. The Bertz CT molecular complexity index is 778. The molecule has 0 aliphatic heterocycles. The minimum Gasteiger partial charge on any atom is -0.391 e. The van der Waals surface area contributed by atoms with Crippen LogP contribution in [-0.4, -0.2) is 15.8 Å². The molecule has 2 N–H and O–H groups in total. The molecular formula is C20H17O4P. The number of carbonyl (C=O) groups excluding carboxylic acids is 1. The number of hydrogen-bond acceptors (Lipinski definition) is 4. The Kier molecular flexibility index (Phi) is 5.56. The van der Waals surface area contributed by atoms with Crippen LogP contribution in [0.1, 0.15) is 33.0 Å². The molecule has 0 fully saturated rings. The highest BCUT2D eigenvalue weighted by Gasteiger charge is 2.18. The molecule has 0 unspecified atom stereocenters. The van der Waals surface area contributed by atoms with Gasteiger partial charge in [0.05, 0.1) is 5.56 Å². The Balaban J connectivity index is 1.96. The van der Waals surface area contributed by atoms with Crippen molar-refractivity contribution in [1.82, 2.24) is 0 Å². The van der Waals surface area contributed by atoms with E-state index in [1.165, 1.54) is 0 Å². The standard InChI is InChI=1S/C20H17O4P/c21-20(24-25(22)23)18-13-11-17(12-14-18)19(15-7-3-1-4-8-15)16-9-5-2-6-10-16/h1-14,19,22-23H. The third-order valence-corrected chi connectivity index (χ3v) is 4.24. The van der Waals surface area contributed by atoms with Crippen molar-refractivity contribution in [2.24, 2.45) is 0 Å². The van der Waals surface area contributed by atoms with Gasteiger partial charge in [0.25, 0.3) is 0 Å². The van der Waals surface area contributed by atoms with Gasteiger partial charge in [-0.3, -0.25) is 0 Å². The van der Waals surface area contributed by atoms with E-state index in [0.29, 0.717) is 0 Å². The van der Waals surface area contributed by atoms with E-state index in [1.54, 1.807) is 12.1 Å². The highest BCUT2D eigenvalue weighted by molar-refractivity contribution is 7.40. The van der Waals surface area contributed by atoms with Crippen LogP contribution < -0.4 is 0 Å². The molecule has 3 aromatic rings. The zero-order chi connectivity index (χ0) is 17.6. The molecule has 0 bridgehead atoms. The Morgan fingerprint density at radius 1 is 0.720 bits per heavy atom. The van der Waals surface area contributed by atoms with Gasteiger partial charge in [-0.25, -0.2) is 4.79 Å². The third kappa shape index (κ3) is 4.31. The number of rotatable bonds is 5. The molecule has 5 heteroatoms. The van der Waals surface area contributed by atoms with E-state index >= 15 is 0 Å². The predicted octanol–water partition coefficient (Wildman–Crippen LogP) is 4.24. The van der Waals surface area contributed by atoms with Gasteiger partial charge in [0.15, 0.2) is 0 Å². The molecule has 25 heavy (non-hydrogen) atoms. The summed E-state index contributed by atoms with van der Waals surface area (Å²) in [4.78, 5) is 29.4. The topological polar surface area (TPSA) is 66.8 Å². The first-order valence-electron chi connectivity index (χ1n) is 7.75. The lowest BCUT2D eigenvalue weighted by Gasteiger charge is -2.19. The van der Waals surface area contributed by atoms with E-state index in [2.05, 4.69) is 28.8 Å². The summed E-state index contributed by atoms with van der Waals surface area (Å²) < 4.78 is 4.44. The second kappa shape index (κ2) is 8.04. The molecule has 3 rings (SSSR count). The van der Waals surface area contributed by atoms with Crippen molar-refractivity contribution in [3.8, 4) is 0 Å². The number of hydrogen-bond donors (Lipinski definition) is 2. The van der Waals surface area contributed by atoms with Crippen molar-refractivity contribution in [2.45, 2.75) is 5.92 Å². The molecule has 0 aromatic heterocycles. The van der Waals surface area contributed by atoms with E-state index < -0.39 is 14.6 Å². The quantitative estimate of drug-likeness (QED) is 0.533. The lowest BCUT2D eigenvalue weighted by molar-refractivity contribution is 0.0715. The van der Waals surface area contributed by atoms with Gasteiger partial charge in [0, 0.05) is 5.92 Å². The van der Waals surface area contributed by atoms with Crippen LogP contribution in [-0.2, 0) is 4.52 Å². The third-order valence-electron chi connectivity index (χ3n) is 3.91. The summed E-state index contributed by atoms with van der Waals surface area (Å²) in [7, 11) is -2.71. The second-order valence-electron chi connectivity index (χ2n) is 5.51. The smallest absolute Gasteiger partial charge is 0.391 e. The molecule has 126 valence electrons. The fraction of sp³-hybridized carbons (Fsp3) is 0.0500. The summed E-state index contributed by atoms with van der Waals surface area (Å²) >= 11 is 0. The van der Waals surface area contributed by atoms with E-state index in [1.807, 2.05) is 48.5 Å². The van der Waals surface area contributed by atoms with Crippen LogP contribution in [0.5, 0.6) is 0 Å². The van der Waals surface area contributed by atoms with Crippen molar-refractivity contribution in [3.05, 3.63) is 107 Å². The Labute approximate surface area is 147 Å². The minimum absolute atomic E-state index is 0.0419. The molecule has 0 spiro atoms. The van der Waals surface area contributed by atoms with Crippen molar-refractivity contribution in [3.63, 3.8) is 0 Å². The molecular weight excluding hydrogens is 335 g/mol. The molecule has 0 amide bonds. The van der Waals surface area contributed by atoms with Crippen LogP contribution in [0.4, 0.5) is 0 Å². The summed E-state index contributed by atoms with van der Waals surface area (Å²) in [5, 5.41) is 0. The summed E-state index contributed by atoms with van der Waals surface area (Å²) in [5.41, 5.74) is 3.61. The van der Waals surface area contributed by atoms with Crippen LogP contribution >= 0.6 is 8.60 Å². The zero-order valence-electron chi connectivity index (χ0n) is 13.3. The Morgan fingerprint density at radius 2 is 1.16 bits per heavy atom. The van der Waals surface area contributed by atoms with E-state index in [4.69, 9.17) is 9.79 Å². The van der Waals surface area contributed by atoms with Gasteiger partial charge in [-0.2, -0.15) is 0 Å². The summed E-state index contributed by atoms with van der Waals surface area (Å²) in [6.07, 6.45) is 0. The van der Waals surface area contributed by atoms with Gasteiger partial charge in [-0.15, -0.1) is 0 Å². The molecule has 0 saturated heterocycles. The maximum atomic E-state index is 11.8. The van der Waals surface area contributed by atoms with Crippen molar-refractivity contribution < 1.29 is 19.1 Å². The molecule has 0 heterocycles. The molecule has 0 aliphatic carbocycles. The van der Waals surface area contributed by atoms with Crippen LogP contribution in [0.3, 0.4) is 0 Å². The maximum absolute atomic E-state index is 11.8. The van der Waals surface area contributed by atoms with Gasteiger partial charge in [0.2, 0.25) is 0 Å². The lowest BCUT2D eigenvalue weighted by atomic mass is 9.85. The van der Waals surface area contributed by atoms with Gasteiger partial charge in [-0.05, 0) is 28.8 Å². The van der Waals surface area contributed by atoms with Crippen LogP contribution in [0, 0.1) is 0 Å². The molecule has 0 aliphatic rings. The van der Waals surface area contributed by atoms with Crippen molar-refractivity contribution >= 4 is 14.6 Å². The highest BCUT2D eigenvalue weighted by Crippen LogP contribution is 2.32. The summed E-state index contributed by atoms with van der Waals surface area (Å²) in [5.74, 6) is -0.709. The first-order valence-corrected chi connectivity index (χ1v) is 8.91. The SMILES string of the molecule is O=C(OP(O)O)c1ccc(C(c2ccccc2)c2ccccc2)cc1. The van der Waals surface area contributed by atoms with E-state index in [-0.39, 0.29) is 11.5 Å². The maximum Gasteiger partial charge on any atom is 0.394 e. The van der Waals surface area contributed by atoms with Crippen LogP contribution in [0.15, 0.2) is 84.9 Å². The van der Waals surface area contributed by atoms with Crippen LogP contribution in [0.25, 0.3) is 0 Å². The molecule has 0 atom stereocenters. The van der Waals surface area contributed by atoms with Gasteiger partial charge in [-0.1, -0.05) is 72.8 Å². The van der Waals surface area contributed by atoms with Gasteiger partial charge >= 0.3 is 14.6 Å². The van der Waals surface area contributed by atoms with Crippen molar-refractivity contribution in [1.29, 1.82) is 0 Å². The van der Waals surface area contributed by atoms with E-state index in [9.17, 15) is 4.79 Å². The molecule has 0 radical (unpaired) electrons.